The number of hydrogen-bond donors (Lipinski definition) is 1. The fraction of sp³-hybridized carbons (Fsp3) is 0.308. The van der Waals surface area contributed by atoms with Gasteiger partial charge in [-0.2, -0.15) is 5.10 Å². The monoisotopic (exact) mass is 249 g/mol. The van der Waals surface area contributed by atoms with E-state index in [0.717, 1.165) is 21.8 Å². The van der Waals surface area contributed by atoms with Crippen LogP contribution in [0.2, 0.25) is 5.02 Å². The lowest BCUT2D eigenvalue weighted by molar-refractivity contribution is 0.867. The Labute approximate surface area is 106 Å². The van der Waals surface area contributed by atoms with Crippen LogP contribution in [0.25, 0.3) is 5.69 Å². The summed E-state index contributed by atoms with van der Waals surface area (Å²) in [5.41, 5.74) is 9.08. The van der Waals surface area contributed by atoms with Gasteiger partial charge in [-0.15, -0.1) is 0 Å². The Hall–Kier alpha value is -1.48. The summed E-state index contributed by atoms with van der Waals surface area (Å²) in [6.45, 7) is 6.16. The molecule has 0 spiro atoms. The van der Waals surface area contributed by atoms with Gasteiger partial charge in [-0.3, -0.25) is 0 Å². The normalized spacial score (nSPS) is 11.1. The molecule has 0 saturated heterocycles. The first-order valence-electron chi connectivity index (χ1n) is 5.60. The van der Waals surface area contributed by atoms with Crippen molar-refractivity contribution < 1.29 is 0 Å². The maximum Gasteiger partial charge on any atom is 0.130 e. The van der Waals surface area contributed by atoms with Gasteiger partial charge in [-0.1, -0.05) is 31.5 Å². The van der Waals surface area contributed by atoms with Crippen LogP contribution in [0.4, 0.5) is 5.82 Å². The van der Waals surface area contributed by atoms with Crippen molar-refractivity contribution in [2.24, 2.45) is 0 Å². The van der Waals surface area contributed by atoms with E-state index in [4.69, 9.17) is 17.3 Å². The molecule has 2 aromatic rings. The molecule has 2 rings (SSSR count). The zero-order chi connectivity index (χ0) is 12.6. The maximum atomic E-state index is 6.10. The Morgan fingerprint density at radius 3 is 2.59 bits per heavy atom. The fourth-order valence-electron chi connectivity index (χ4n) is 1.73. The molecule has 0 bridgehead atoms. The van der Waals surface area contributed by atoms with E-state index in [-0.39, 0.29) is 0 Å². The molecule has 0 fully saturated rings. The summed E-state index contributed by atoms with van der Waals surface area (Å²) in [7, 11) is 0. The molecule has 0 amide bonds. The molecule has 0 aliphatic heterocycles. The lowest BCUT2D eigenvalue weighted by atomic mass is 10.1. The molecule has 0 atom stereocenters. The molecule has 90 valence electrons. The minimum Gasteiger partial charge on any atom is -0.383 e. The number of nitrogens with two attached hydrogens (primary N) is 1. The molecule has 1 aromatic heterocycles. The molecule has 0 aliphatic rings. The lowest BCUT2D eigenvalue weighted by Crippen LogP contribution is -2.03. The van der Waals surface area contributed by atoms with Gasteiger partial charge in [-0.05, 0) is 30.5 Å². The van der Waals surface area contributed by atoms with Crippen molar-refractivity contribution in [1.82, 2.24) is 9.78 Å². The van der Waals surface area contributed by atoms with Crippen LogP contribution in [0.1, 0.15) is 30.9 Å². The molecule has 17 heavy (non-hydrogen) atoms. The van der Waals surface area contributed by atoms with Gasteiger partial charge >= 0.3 is 0 Å². The summed E-state index contributed by atoms with van der Waals surface area (Å²) < 4.78 is 1.72. The van der Waals surface area contributed by atoms with Crippen LogP contribution in [0.15, 0.2) is 24.4 Å². The first kappa shape index (κ1) is 12.0. The molecule has 0 aliphatic carbocycles. The number of aryl methyl sites for hydroxylation is 1. The number of hydrogen-bond acceptors (Lipinski definition) is 2. The summed E-state index contributed by atoms with van der Waals surface area (Å²) in [5, 5.41) is 5.04. The highest BCUT2D eigenvalue weighted by Crippen LogP contribution is 2.26. The van der Waals surface area contributed by atoms with Gasteiger partial charge < -0.3 is 5.73 Å². The highest BCUT2D eigenvalue weighted by atomic mass is 35.5. The molecule has 1 heterocycles. The number of halogens is 1. The van der Waals surface area contributed by atoms with Crippen LogP contribution < -0.4 is 5.73 Å². The van der Waals surface area contributed by atoms with Gasteiger partial charge in [0.25, 0.3) is 0 Å². The Kier molecular flexibility index (Phi) is 3.11. The standard InChI is InChI=1S/C13H16ClN3/c1-8(2)11-7-16-17(13(11)15)10-5-4-9(3)12(14)6-10/h4-8H,15H2,1-3H3. The van der Waals surface area contributed by atoms with Gasteiger partial charge in [0.2, 0.25) is 0 Å². The largest absolute Gasteiger partial charge is 0.383 e. The van der Waals surface area contributed by atoms with Crippen LogP contribution in [0.5, 0.6) is 0 Å². The summed E-state index contributed by atoms with van der Waals surface area (Å²) in [5.74, 6) is 1.05. The number of rotatable bonds is 2. The van der Waals surface area contributed by atoms with Crippen LogP contribution in [0.3, 0.4) is 0 Å². The first-order valence-corrected chi connectivity index (χ1v) is 5.98. The Morgan fingerprint density at radius 1 is 1.35 bits per heavy atom. The van der Waals surface area contributed by atoms with Crippen LogP contribution in [-0.2, 0) is 0 Å². The molecular formula is C13H16ClN3. The molecule has 3 nitrogen and oxygen atoms in total. The van der Waals surface area contributed by atoms with Crippen LogP contribution in [0, 0.1) is 6.92 Å². The van der Waals surface area contributed by atoms with Crippen molar-refractivity contribution in [1.29, 1.82) is 0 Å². The quantitative estimate of drug-likeness (QED) is 0.885. The first-order chi connectivity index (χ1) is 8.00. The topological polar surface area (TPSA) is 43.8 Å². The van der Waals surface area contributed by atoms with Gasteiger partial charge in [0.05, 0.1) is 11.9 Å². The van der Waals surface area contributed by atoms with Crippen molar-refractivity contribution in [3.05, 3.63) is 40.5 Å². The highest BCUT2D eigenvalue weighted by Gasteiger charge is 2.12. The second-order valence-electron chi connectivity index (χ2n) is 4.49. The predicted molar refractivity (Wildman–Crippen MR) is 71.8 cm³/mol. The number of aromatic nitrogens is 2. The van der Waals surface area contributed by atoms with E-state index in [1.807, 2.05) is 31.3 Å². The second-order valence-corrected chi connectivity index (χ2v) is 4.89. The van der Waals surface area contributed by atoms with E-state index in [1.165, 1.54) is 0 Å². The smallest absolute Gasteiger partial charge is 0.130 e. The Morgan fingerprint density at radius 2 is 2.06 bits per heavy atom. The van der Waals surface area contributed by atoms with E-state index >= 15 is 0 Å². The second kappa shape index (κ2) is 4.41. The average Bonchev–Trinajstić information content (AvgIpc) is 2.64. The lowest BCUT2D eigenvalue weighted by Gasteiger charge is -2.08. The number of nitrogens with zero attached hydrogens (tertiary/aromatic N) is 2. The average molecular weight is 250 g/mol. The van der Waals surface area contributed by atoms with Gasteiger partial charge in [0.1, 0.15) is 5.82 Å². The van der Waals surface area contributed by atoms with Gasteiger partial charge in [0.15, 0.2) is 0 Å². The Bertz CT molecular complexity index is 544. The van der Waals surface area contributed by atoms with Crippen LogP contribution in [-0.4, -0.2) is 9.78 Å². The van der Waals surface area contributed by atoms with Gasteiger partial charge in [-0.25, -0.2) is 4.68 Å². The molecule has 4 heteroatoms. The molecule has 0 saturated carbocycles. The predicted octanol–water partition coefficient (Wildman–Crippen LogP) is 3.54. The summed E-state index contributed by atoms with van der Waals surface area (Å²) in [6, 6.07) is 5.81. The van der Waals surface area contributed by atoms with Crippen molar-refractivity contribution in [3.63, 3.8) is 0 Å². The van der Waals surface area contributed by atoms with E-state index in [1.54, 1.807) is 4.68 Å². The molecule has 0 radical (unpaired) electrons. The highest BCUT2D eigenvalue weighted by molar-refractivity contribution is 6.31. The number of anilines is 1. The molecule has 0 unspecified atom stereocenters. The molecule has 2 N–H and O–H groups in total. The third-order valence-corrected chi connectivity index (χ3v) is 3.27. The zero-order valence-electron chi connectivity index (χ0n) is 10.2. The fourth-order valence-corrected chi connectivity index (χ4v) is 1.91. The summed E-state index contributed by atoms with van der Waals surface area (Å²) >= 11 is 6.10. The summed E-state index contributed by atoms with van der Waals surface area (Å²) in [4.78, 5) is 0. The van der Waals surface area contributed by atoms with Gasteiger partial charge in [0, 0.05) is 10.6 Å². The minimum atomic E-state index is 0.365. The van der Waals surface area contributed by atoms with Crippen molar-refractivity contribution >= 4 is 17.4 Å². The Balaban J connectivity index is 2.50. The molecular weight excluding hydrogens is 234 g/mol. The third-order valence-electron chi connectivity index (χ3n) is 2.86. The van der Waals surface area contributed by atoms with E-state index < -0.39 is 0 Å². The van der Waals surface area contributed by atoms with E-state index in [0.29, 0.717) is 11.7 Å². The summed E-state index contributed by atoms with van der Waals surface area (Å²) in [6.07, 6.45) is 1.81. The van der Waals surface area contributed by atoms with E-state index in [2.05, 4.69) is 18.9 Å². The zero-order valence-corrected chi connectivity index (χ0v) is 11.0. The minimum absolute atomic E-state index is 0.365. The third kappa shape index (κ3) is 2.15. The van der Waals surface area contributed by atoms with Crippen molar-refractivity contribution in [2.75, 3.05) is 5.73 Å². The number of benzene rings is 1. The van der Waals surface area contributed by atoms with Crippen molar-refractivity contribution in [3.8, 4) is 5.69 Å². The van der Waals surface area contributed by atoms with Crippen LogP contribution >= 0.6 is 11.6 Å². The van der Waals surface area contributed by atoms with Crippen molar-refractivity contribution in [2.45, 2.75) is 26.7 Å². The SMILES string of the molecule is Cc1ccc(-n2ncc(C(C)C)c2N)cc1Cl. The molecule has 1 aromatic carbocycles. The van der Waals surface area contributed by atoms with E-state index in [9.17, 15) is 0 Å². The number of nitrogen functional groups attached to an aromatic ring is 1. The maximum absolute atomic E-state index is 6.10.